The number of nitrogens with zero attached hydrogens (tertiary/aromatic N) is 2. The Kier molecular flexibility index (Phi) is 4.54. The van der Waals surface area contributed by atoms with Gasteiger partial charge in [-0.25, -0.2) is 0 Å². The number of para-hydroxylation sites is 2. The van der Waals surface area contributed by atoms with Crippen LogP contribution in [0.15, 0.2) is 42.5 Å². The lowest BCUT2D eigenvalue weighted by atomic mass is 10.1. The Bertz CT molecular complexity index is 1050. The van der Waals surface area contributed by atoms with Crippen LogP contribution in [0.2, 0.25) is 0 Å². The average Bonchev–Trinajstić information content (AvgIpc) is 3.22. The first-order valence-electron chi connectivity index (χ1n) is 9.11. The van der Waals surface area contributed by atoms with E-state index >= 15 is 0 Å². The summed E-state index contributed by atoms with van der Waals surface area (Å²) in [6, 6.07) is 11.7. The summed E-state index contributed by atoms with van der Waals surface area (Å²) in [6.45, 7) is 0.232. The van der Waals surface area contributed by atoms with E-state index in [1.165, 1.54) is 26.3 Å². The number of anilines is 2. The Morgan fingerprint density at radius 1 is 1.07 bits per heavy atom. The molecule has 0 bridgehead atoms. The van der Waals surface area contributed by atoms with Gasteiger partial charge in [0, 0.05) is 25.7 Å². The quantitative estimate of drug-likeness (QED) is 0.801. The maximum Gasteiger partial charge on any atom is 0.261 e. The molecule has 8 heteroatoms. The summed E-state index contributed by atoms with van der Waals surface area (Å²) in [7, 11) is 2.94. The van der Waals surface area contributed by atoms with Gasteiger partial charge in [-0.15, -0.1) is 0 Å². The number of benzene rings is 2. The number of imide groups is 1. The minimum Gasteiger partial charge on any atom is -0.495 e. The van der Waals surface area contributed by atoms with Gasteiger partial charge in [-0.3, -0.25) is 24.1 Å². The van der Waals surface area contributed by atoms with Crippen LogP contribution in [0.4, 0.5) is 11.4 Å². The first-order valence-corrected chi connectivity index (χ1v) is 9.11. The lowest BCUT2D eigenvalue weighted by Crippen LogP contribution is -2.28. The zero-order chi connectivity index (χ0) is 20.7. The first-order chi connectivity index (χ1) is 13.9. The molecule has 1 fully saturated rings. The Hall–Kier alpha value is -3.68. The summed E-state index contributed by atoms with van der Waals surface area (Å²) in [6.07, 6.45) is 0.0784. The van der Waals surface area contributed by atoms with Crippen molar-refractivity contribution in [3.63, 3.8) is 0 Å². The van der Waals surface area contributed by atoms with E-state index in [0.717, 1.165) is 4.90 Å². The highest BCUT2D eigenvalue weighted by Gasteiger charge is 2.37. The molecule has 2 aromatic carbocycles. The Labute approximate surface area is 167 Å². The number of rotatable bonds is 4. The van der Waals surface area contributed by atoms with Crippen molar-refractivity contribution in [2.75, 3.05) is 30.9 Å². The van der Waals surface area contributed by atoms with Gasteiger partial charge < -0.3 is 15.0 Å². The predicted octanol–water partition coefficient (Wildman–Crippen LogP) is 1.91. The molecule has 1 saturated heterocycles. The Morgan fingerprint density at radius 2 is 1.79 bits per heavy atom. The van der Waals surface area contributed by atoms with E-state index in [2.05, 4.69) is 5.32 Å². The van der Waals surface area contributed by atoms with Crippen LogP contribution in [0.25, 0.3) is 0 Å². The van der Waals surface area contributed by atoms with Crippen molar-refractivity contribution < 1.29 is 23.9 Å². The zero-order valence-corrected chi connectivity index (χ0v) is 16.0. The van der Waals surface area contributed by atoms with Gasteiger partial charge in [-0.1, -0.05) is 12.1 Å². The number of hydrogen-bond donors (Lipinski definition) is 1. The second-order valence-electron chi connectivity index (χ2n) is 7.00. The highest BCUT2D eigenvalue weighted by atomic mass is 16.5. The number of ether oxygens (including phenoxy) is 1. The second kappa shape index (κ2) is 7.05. The molecule has 4 amide bonds. The van der Waals surface area contributed by atoms with Crippen molar-refractivity contribution in [1.82, 2.24) is 4.90 Å². The number of amides is 4. The third kappa shape index (κ3) is 3.12. The van der Waals surface area contributed by atoms with Crippen LogP contribution in [0.1, 0.15) is 27.1 Å². The van der Waals surface area contributed by atoms with E-state index in [0.29, 0.717) is 22.7 Å². The van der Waals surface area contributed by atoms with E-state index in [9.17, 15) is 19.2 Å². The average molecular weight is 393 g/mol. The van der Waals surface area contributed by atoms with Crippen molar-refractivity contribution in [3.8, 4) is 5.75 Å². The smallest absolute Gasteiger partial charge is 0.261 e. The van der Waals surface area contributed by atoms with Crippen molar-refractivity contribution >= 4 is 35.0 Å². The van der Waals surface area contributed by atoms with Gasteiger partial charge in [0.2, 0.25) is 11.8 Å². The lowest BCUT2D eigenvalue weighted by Gasteiger charge is -2.19. The van der Waals surface area contributed by atoms with Crippen LogP contribution < -0.4 is 15.0 Å². The molecule has 2 aliphatic rings. The molecule has 148 valence electrons. The number of methoxy groups -OCH3 is 1. The number of hydrogen-bond acceptors (Lipinski definition) is 5. The van der Waals surface area contributed by atoms with Gasteiger partial charge in [-0.05, 0) is 30.3 Å². The van der Waals surface area contributed by atoms with Crippen molar-refractivity contribution in [1.29, 1.82) is 0 Å². The molecule has 0 aromatic heterocycles. The van der Waals surface area contributed by atoms with E-state index in [1.54, 1.807) is 29.2 Å². The van der Waals surface area contributed by atoms with Gasteiger partial charge in [0.25, 0.3) is 11.8 Å². The number of nitrogens with one attached hydrogen (secondary N) is 1. The zero-order valence-electron chi connectivity index (χ0n) is 16.0. The SMILES string of the molecule is COc1ccccc1N1CC(C(=O)Nc2ccc3c(c2)C(=O)N(C)C3=O)CC1=O. The van der Waals surface area contributed by atoms with E-state index in [1.807, 2.05) is 6.07 Å². The van der Waals surface area contributed by atoms with Crippen LogP contribution in [0.3, 0.4) is 0 Å². The standard InChI is InChI=1S/C21H19N3O5/c1-23-20(27)14-8-7-13(10-15(14)21(23)28)22-19(26)12-9-18(25)24(11-12)16-5-3-4-6-17(16)29-2/h3-8,10,12H,9,11H2,1-2H3,(H,22,26). The maximum absolute atomic E-state index is 12.7. The van der Waals surface area contributed by atoms with Gasteiger partial charge in [0.15, 0.2) is 0 Å². The van der Waals surface area contributed by atoms with Gasteiger partial charge >= 0.3 is 0 Å². The summed E-state index contributed by atoms with van der Waals surface area (Å²) in [5.41, 5.74) is 1.61. The number of carbonyl (C=O) groups is 4. The maximum atomic E-state index is 12.7. The molecule has 2 heterocycles. The molecule has 0 aliphatic carbocycles. The molecule has 0 saturated carbocycles. The summed E-state index contributed by atoms with van der Waals surface area (Å²) in [4.78, 5) is 51.9. The second-order valence-corrected chi connectivity index (χ2v) is 7.00. The van der Waals surface area contributed by atoms with Crippen LogP contribution in [0, 0.1) is 5.92 Å². The summed E-state index contributed by atoms with van der Waals surface area (Å²) < 4.78 is 5.31. The van der Waals surface area contributed by atoms with Crippen LogP contribution in [-0.4, -0.2) is 49.2 Å². The summed E-state index contributed by atoms with van der Waals surface area (Å²) in [5, 5.41) is 2.75. The predicted molar refractivity (Wildman–Crippen MR) is 105 cm³/mol. The number of fused-ring (bicyclic) bond motifs is 1. The minimum atomic E-state index is -0.541. The fourth-order valence-electron chi connectivity index (χ4n) is 3.65. The topological polar surface area (TPSA) is 96.0 Å². The van der Waals surface area contributed by atoms with Crippen molar-refractivity contribution in [3.05, 3.63) is 53.6 Å². The Morgan fingerprint density at radius 3 is 2.55 bits per heavy atom. The summed E-state index contributed by atoms with van der Waals surface area (Å²) >= 11 is 0. The molecule has 29 heavy (non-hydrogen) atoms. The van der Waals surface area contributed by atoms with E-state index in [4.69, 9.17) is 4.74 Å². The Balaban J connectivity index is 1.50. The molecule has 8 nitrogen and oxygen atoms in total. The lowest BCUT2D eigenvalue weighted by molar-refractivity contribution is -0.122. The molecule has 0 radical (unpaired) electrons. The summed E-state index contributed by atoms with van der Waals surface area (Å²) in [5.74, 6) is -1.23. The fourth-order valence-corrected chi connectivity index (χ4v) is 3.65. The monoisotopic (exact) mass is 393 g/mol. The fraction of sp³-hybridized carbons (Fsp3) is 0.238. The van der Waals surface area contributed by atoms with Gasteiger partial charge in [0.1, 0.15) is 5.75 Å². The normalized spacial score (nSPS) is 18.3. The molecule has 4 rings (SSSR count). The van der Waals surface area contributed by atoms with E-state index < -0.39 is 11.8 Å². The van der Waals surface area contributed by atoms with Gasteiger partial charge in [0.05, 0.1) is 29.8 Å². The van der Waals surface area contributed by atoms with E-state index in [-0.39, 0.29) is 36.3 Å². The molecule has 2 aromatic rings. The van der Waals surface area contributed by atoms with Crippen molar-refractivity contribution in [2.24, 2.45) is 5.92 Å². The molecule has 2 aliphatic heterocycles. The third-order valence-electron chi connectivity index (χ3n) is 5.23. The number of carbonyl (C=O) groups excluding carboxylic acids is 4. The molecular formula is C21H19N3O5. The van der Waals surface area contributed by atoms with Crippen molar-refractivity contribution in [2.45, 2.75) is 6.42 Å². The minimum absolute atomic E-state index is 0.0784. The van der Waals surface area contributed by atoms with Crippen LogP contribution in [0.5, 0.6) is 5.75 Å². The van der Waals surface area contributed by atoms with Crippen LogP contribution in [-0.2, 0) is 9.59 Å². The molecule has 1 N–H and O–H groups in total. The largest absolute Gasteiger partial charge is 0.495 e. The van der Waals surface area contributed by atoms with Gasteiger partial charge in [-0.2, -0.15) is 0 Å². The molecule has 1 unspecified atom stereocenters. The highest BCUT2D eigenvalue weighted by molar-refractivity contribution is 6.21. The first kappa shape index (κ1) is 18.7. The molecule has 0 spiro atoms. The molecular weight excluding hydrogens is 374 g/mol. The third-order valence-corrected chi connectivity index (χ3v) is 5.23. The highest BCUT2D eigenvalue weighted by Crippen LogP contribution is 2.33. The van der Waals surface area contributed by atoms with Crippen LogP contribution >= 0.6 is 0 Å². The molecule has 1 atom stereocenters.